The number of esters is 1. The van der Waals surface area contributed by atoms with Gasteiger partial charge in [-0.1, -0.05) is 109 Å². The van der Waals surface area contributed by atoms with E-state index in [1.807, 2.05) is 134 Å². The highest BCUT2D eigenvalue weighted by atomic mass is 16.5. The highest BCUT2D eigenvalue weighted by Gasteiger charge is 2.49. The lowest BCUT2D eigenvalue weighted by Gasteiger charge is -2.33. The number of nitrogens with zero attached hydrogens (tertiary/aromatic N) is 5. The minimum atomic E-state index is -1.12. The molecule has 0 radical (unpaired) electrons. The molecule has 2 saturated heterocycles. The smallest absolute Gasteiger partial charge is 0.358 e. The van der Waals surface area contributed by atoms with Crippen LogP contribution in [0.4, 0.5) is 0 Å². The van der Waals surface area contributed by atoms with Gasteiger partial charge in [0.25, 0.3) is 0 Å². The third kappa shape index (κ3) is 7.69. The molecule has 0 saturated carbocycles. The van der Waals surface area contributed by atoms with Gasteiger partial charge in [-0.15, -0.1) is 0 Å². The molecular weight excluding hydrogens is 753 g/mol. The normalized spacial score (nSPS) is 18.9. The van der Waals surface area contributed by atoms with Crippen LogP contribution in [0.1, 0.15) is 77.1 Å². The number of benzene rings is 4. The molecule has 0 unspecified atom stereocenters. The van der Waals surface area contributed by atoms with Gasteiger partial charge >= 0.3 is 5.97 Å². The van der Waals surface area contributed by atoms with E-state index in [9.17, 15) is 14.4 Å². The molecule has 308 valence electrons. The molecule has 4 heterocycles. The third-order valence-electron chi connectivity index (χ3n) is 12.0. The van der Waals surface area contributed by atoms with E-state index in [0.717, 1.165) is 64.2 Å². The number of likely N-dealkylation sites (N-methyl/N-ethyl adjacent to an activating group) is 2. The molecule has 4 aromatic carbocycles. The average molecular weight is 805 g/mol. The Morgan fingerprint density at radius 2 is 1.33 bits per heavy atom. The van der Waals surface area contributed by atoms with Crippen molar-refractivity contribution in [1.29, 1.82) is 0 Å². The van der Waals surface area contributed by atoms with Crippen molar-refractivity contribution >= 4 is 17.7 Å². The van der Waals surface area contributed by atoms with Crippen LogP contribution in [0.3, 0.4) is 0 Å². The number of methoxy groups -OCH3 is 1. The van der Waals surface area contributed by atoms with Gasteiger partial charge in [0.2, 0.25) is 5.91 Å². The molecule has 2 aliphatic rings. The number of H-pyrrole nitrogens is 2. The summed E-state index contributed by atoms with van der Waals surface area (Å²) in [7, 11) is 9.03. The number of ether oxygens (including phenoxy) is 1. The van der Waals surface area contributed by atoms with Crippen LogP contribution in [0.25, 0.3) is 33.6 Å². The zero-order valence-electron chi connectivity index (χ0n) is 34.8. The van der Waals surface area contributed by atoms with Gasteiger partial charge in [-0.05, 0) is 88.2 Å². The number of nitrogens with one attached hydrogen (secondary N) is 3. The van der Waals surface area contributed by atoms with Crippen LogP contribution < -0.4 is 5.32 Å². The molecule has 0 bridgehead atoms. The van der Waals surface area contributed by atoms with Crippen molar-refractivity contribution in [3.05, 3.63) is 144 Å². The Kier molecular flexibility index (Phi) is 11.6. The minimum Gasteiger partial charge on any atom is -0.464 e. The number of ketones is 1. The number of carbonyl (C=O) groups is 3. The number of aromatic amines is 2. The standard InChI is InChI=1S/C48H52N8O4/c1-54(2)41(35-14-8-6-9-15-35)43(57)48(27-13-28-50-48)47-52-39(40(53-47)46(59)60-5)34-25-21-32(22-26-34)31-19-23-33(24-20-31)37-30-49-44(51-37)38-18-12-29-56(38)45(58)42(55(3)4)36-16-10-7-11-17-36/h6-11,14-17,19-26,30,38,41-42,50H,12-13,18,27-29H2,1-5H3,(H,49,51)(H,52,53)/t38-,41+,42+,48+/m0/s1. The summed E-state index contributed by atoms with van der Waals surface area (Å²) in [4.78, 5) is 64.1. The first-order valence-electron chi connectivity index (χ1n) is 20.6. The van der Waals surface area contributed by atoms with Crippen LogP contribution in [-0.2, 0) is 19.9 Å². The summed E-state index contributed by atoms with van der Waals surface area (Å²) in [5, 5.41) is 3.48. The number of hydrogen-bond donors (Lipinski definition) is 3. The number of hydrogen-bond acceptors (Lipinski definition) is 9. The predicted octanol–water partition coefficient (Wildman–Crippen LogP) is 7.34. The Bertz CT molecular complexity index is 2440. The fourth-order valence-electron chi connectivity index (χ4n) is 8.95. The summed E-state index contributed by atoms with van der Waals surface area (Å²) in [5.74, 6) is 0.659. The molecule has 60 heavy (non-hydrogen) atoms. The Morgan fingerprint density at radius 3 is 1.90 bits per heavy atom. The quantitative estimate of drug-likeness (QED) is 0.102. The second-order valence-electron chi connectivity index (χ2n) is 16.2. The number of imidazole rings is 2. The van der Waals surface area contributed by atoms with E-state index in [1.165, 1.54) is 7.11 Å². The summed E-state index contributed by atoms with van der Waals surface area (Å²) in [6.45, 7) is 1.34. The Hall–Kier alpha value is -6.21. The van der Waals surface area contributed by atoms with Crippen molar-refractivity contribution < 1.29 is 19.1 Å². The molecule has 2 aliphatic heterocycles. The van der Waals surface area contributed by atoms with Crippen molar-refractivity contribution in [2.75, 3.05) is 48.4 Å². The number of likely N-dealkylation sites (tertiary alicyclic amines) is 1. The molecule has 8 rings (SSSR count). The van der Waals surface area contributed by atoms with Crippen molar-refractivity contribution in [1.82, 2.24) is 40.0 Å². The average Bonchev–Trinajstić information content (AvgIpc) is 4.11. The lowest BCUT2D eigenvalue weighted by atomic mass is 9.84. The van der Waals surface area contributed by atoms with Crippen molar-refractivity contribution in [3.8, 4) is 33.6 Å². The number of amides is 1. The Balaban J connectivity index is 1.02. The van der Waals surface area contributed by atoms with E-state index in [2.05, 4.69) is 39.6 Å². The topological polar surface area (TPSA) is 140 Å². The molecule has 2 aromatic heterocycles. The van der Waals surface area contributed by atoms with Crippen molar-refractivity contribution in [2.45, 2.75) is 49.3 Å². The molecule has 0 spiro atoms. The molecule has 12 nitrogen and oxygen atoms in total. The lowest BCUT2D eigenvalue weighted by molar-refractivity contribution is -0.137. The largest absolute Gasteiger partial charge is 0.464 e. The van der Waals surface area contributed by atoms with Crippen LogP contribution in [0.2, 0.25) is 0 Å². The highest BCUT2D eigenvalue weighted by Crippen LogP contribution is 2.39. The first kappa shape index (κ1) is 40.6. The maximum atomic E-state index is 14.6. The van der Waals surface area contributed by atoms with Gasteiger partial charge in [-0.25, -0.2) is 14.8 Å². The summed E-state index contributed by atoms with van der Waals surface area (Å²) in [6.07, 6.45) is 4.94. The molecule has 4 atom stereocenters. The molecule has 0 aliphatic carbocycles. The SMILES string of the molecule is COC(=O)c1nc([C@]2(C(=O)[C@@H](c3ccccc3)N(C)C)CCCN2)[nH]c1-c1ccc(-c2ccc(-c3cnc([C@@H]4CCCN4C(=O)[C@@H](c4ccccc4)N(C)C)[nH]3)cc2)cc1. The van der Waals surface area contributed by atoms with Crippen molar-refractivity contribution in [2.24, 2.45) is 0 Å². The van der Waals surface area contributed by atoms with Crippen LogP contribution in [0.5, 0.6) is 0 Å². The maximum absolute atomic E-state index is 14.6. The maximum Gasteiger partial charge on any atom is 0.358 e. The van der Waals surface area contributed by atoms with Gasteiger partial charge < -0.3 is 19.6 Å². The van der Waals surface area contributed by atoms with E-state index in [0.29, 0.717) is 31.0 Å². The van der Waals surface area contributed by atoms with Gasteiger partial charge in [-0.3, -0.25) is 24.7 Å². The lowest BCUT2D eigenvalue weighted by Crippen LogP contribution is -2.50. The Morgan fingerprint density at radius 1 is 0.750 bits per heavy atom. The molecule has 2 fully saturated rings. The predicted molar refractivity (Wildman–Crippen MR) is 232 cm³/mol. The number of Topliss-reactive ketones (excluding diaryl/α,β-unsaturated/α-hetero) is 1. The number of rotatable bonds is 13. The summed E-state index contributed by atoms with van der Waals surface area (Å²) in [5.41, 5.74) is 6.00. The van der Waals surface area contributed by atoms with E-state index in [-0.39, 0.29) is 29.5 Å². The summed E-state index contributed by atoms with van der Waals surface area (Å²) in [6, 6.07) is 34.8. The van der Waals surface area contributed by atoms with E-state index in [4.69, 9.17) is 14.7 Å². The number of carbonyl (C=O) groups excluding carboxylic acids is 3. The molecular formula is C48H52N8O4. The fourth-order valence-corrected chi connectivity index (χ4v) is 8.95. The zero-order valence-corrected chi connectivity index (χ0v) is 34.8. The second kappa shape index (κ2) is 17.2. The summed E-state index contributed by atoms with van der Waals surface area (Å²) >= 11 is 0. The zero-order chi connectivity index (χ0) is 42.0. The molecule has 6 aromatic rings. The summed E-state index contributed by atoms with van der Waals surface area (Å²) < 4.78 is 5.18. The van der Waals surface area contributed by atoms with Crippen LogP contribution in [0.15, 0.2) is 115 Å². The van der Waals surface area contributed by atoms with Crippen LogP contribution >= 0.6 is 0 Å². The fraction of sp³-hybridized carbons (Fsp3) is 0.312. The van der Waals surface area contributed by atoms with Gasteiger partial charge in [0.1, 0.15) is 23.2 Å². The van der Waals surface area contributed by atoms with Crippen LogP contribution in [-0.4, -0.2) is 101 Å². The van der Waals surface area contributed by atoms with E-state index < -0.39 is 17.6 Å². The monoisotopic (exact) mass is 804 g/mol. The number of aromatic nitrogens is 4. The van der Waals surface area contributed by atoms with E-state index >= 15 is 0 Å². The minimum absolute atomic E-state index is 0.0364. The molecule has 1 amide bonds. The van der Waals surface area contributed by atoms with E-state index in [1.54, 1.807) is 0 Å². The van der Waals surface area contributed by atoms with Crippen LogP contribution in [0, 0.1) is 0 Å². The van der Waals surface area contributed by atoms with Gasteiger partial charge in [-0.2, -0.15) is 0 Å². The van der Waals surface area contributed by atoms with Gasteiger partial charge in [0.15, 0.2) is 11.5 Å². The first-order chi connectivity index (χ1) is 29.1. The highest BCUT2D eigenvalue weighted by molar-refractivity contribution is 5.97. The van der Waals surface area contributed by atoms with Gasteiger partial charge in [0.05, 0.1) is 36.8 Å². The molecule has 12 heteroatoms. The van der Waals surface area contributed by atoms with Crippen molar-refractivity contribution in [3.63, 3.8) is 0 Å². The molecule has 3 N–H and O–H groups in total. The third-order valence-corrected chi connectivity index (χ3v) is 12.0. The first-order valence-corrected chi connectivity index (χ1v) is 20.6. The Labute approximate surface area is 351 Å². The van der Waals surface area contributed by atoms with Gasteiger partial charge in [0, 0.05) is 12.1 Å². The second-order valence-corrected chi connectivity index (χ2v) is 16.2.